The van der Waals surface area contributed by atoms with E-state index in [0.29, 0.717) is 5.15 Å². The van der Waals surface area contributed by atoms with Gasteiger partial charge < -0.3 is 0 Å². The van der Waals surface area contributed by atoms with Crippen LogP contribution in [0.2, 0.25) is 5.15 Å². The van der Waals surface area contributed by atoms with Crippen molar-refractivity contribution in [3.05, 3.63) is 53.3 Å². The van der Waals surface area contributed by atoms with Crippen molar-refractivity contribution in [1.82, 2.24) is 4.98 Å². The van der Waals surface area contributed by atoms with Gasteiger partial charge in [-0.2, -0.15) is 0 Å². The van der Waals surface area contributed by atoms with Gasteiger partial charge in [0.05, 0.1) is 0 Å². The Hall–Kier alpha value is -1.34. The van der Waals surface area contributed by atoms with Crippen LogP contribution in [0.1, 0.15) is 31.7 Å². The minimum atomic E-state index is 0.537. The molecule has 0 N–H and O–H groups in total. The summed E-state index contributed by atoms with van der Waals surface area (Å²) in [4.78, 5) is 4.10. The zero-order chi connectivity index (χ0) is 12.8. The number of benzene rings is 1. The fourth-order valence-electron chi connectivity index (χ4n) is 1.99. The quantitative estimate of drug-likeness (QED) is 0.535. The molecular formula is C16H18ClN. The molecule has 2 heteroatoms. The highest BCUT2D eigenvalue weighted by Crippen LogP contribution is 2.20. The minimum absolute atomic E-state index is 0.537. The van der Waals surface area contributed by atoms with E-state index in [-0.39, 0.29) is 0 Å². The Balaban J connectivity index is 2.05. The van der Waals surface area contributed by atoms with Gasteiger partial charge in [-0.15, -0.1) is 0 Å². The third-order valence-electron chi connectivity index (χ3n) is 3.08. The van der Waals surface area contributed by atoms with Crippen molar-refractivity contribution in [3.63, 3.8) is 0 Å². The number of rotatable bonds is 5. The lowest BCUT2D eigenvalue weighted by atomic mass is 10.0. The Morgan fingerprint density at radius 2 is 1.67 bits per heavy atom. The van der Waals surface area contributed by atoms with Crippen molar-refractivity contribution in [2.75, 3.05) is 0 Å². The number of aryl methyl sites for hydroxylation is 1. The average molecular weight is 260 g/mol. The molecule has 1 aromatic carbocycles. The Morgan fingerprint density at radius 3 is 2.28 bits per heavy atom. The van der Waals surface area contributed by atoms with Crippen LogP contribution in [0, 0.1) is 0 Å². The number of pyridine rings is 1. The molecule has 94 valence electrons. The predicted molar refractivity (Wildman–Crippen MR) is 77.9 cm³/mol. The first kappa shape index (κ1) is 13.1. The number of aromatic nitrogens is 1. The zero-order valence-corrected chi connectivity index (χ0v) is 11.5. The molecule has 0 aliphatic carbocycles. The van der Waals surface area contributed by atoms with E-state index < -0.39 is 0 Å². The molecule has 1 aromatic heterocycles. The van der Waals surface area contributed by atoms with E-state index >= 15 is 0 Å². The first-order chi connectivity index (χ1) is 8.79. The van der Waals surface area contributed by atoms with Crippen LogP contribution in [-0.4, -0.2) is 4.98 Å². The Labute approximate surface area is 114 Å². The van der Waals surface area contributed by atoms with E-state index in [1.807, 2.05) is 18.3 Å². The van der Waals surface area contributed by atoms with E-state index in [1.165, 1.54) is 36.8 Å². The third kappa shape index (κ3) is 3.58. The fraction of sp³-hybridized carbons (Fsp3) is 0.312. The second-order valence-electron chi connectivity index (χ2n) is 4.52. The molecule has 0 spiro atoms. The van der Waals surface area contributed by atoms with Crippen LogP contribution >= 0.6 is 11.6 Å². The highest BCUT2D eigenvalue weighted by Gasteiger charge is 1.99. The van der Waals surface area contributed by atoms with Gasteiger partial charge in [0.1, 0.15) is 5.15 Å². The lowest BCUT2D eigenvalue weighted by Crippen LogP contribution is -1.86. The van der Waals surface area contributed by atoms with E-state index in [2.05, 4.69) is 36.2 Å². The molecule has 0 aliphatic heterocycles. The van der Waals surface area contributed by atoms with Crippen LogP contribution in [0.3, 0.4) is 0 Å². The topological polar surface area (TPSA) is 12.9 Å². The largest absolute Gasteiger partial charge is 0.244 e. The van der Waals surface area contributed by atoms with E-state index in [0.717, 1.165) is 5.56 Å². The van der Waals surface area contributed by atoms with Crippen molar-refractivity contribution in [2.24, 2.45) is 0 Å². The van der Waals surface area contributed by atoms with Gasteiger partial charge in [0.25, 0.3) is 0 Å². The summed E-state index contributed by atoms with van der Waals surface area (Å²) < 4.78 is 0. The van der Waals surface area contributed by atoms with Crippen LogP contribution in [0.25, 0.3) is 11.1 Å². The second kappa shape index (κ2) is 6.55. The SMILES string of the molecule is CCCCCc1ccc(-c2ccc(Cl)nc2)cc1. The van der Waals surface area contributed by atoms with Gasteiger partial charge in [-0.1, -0.05) is 55.6 Å². The standard InChI is InChI=1S/C16H18ClN/c1-2-3-4-5-13-6-8-14(9-7-13)15-10-11-16(17)18-12-15/h6-12H,2-5H2,1H3. The molecule has 0 radical (unpaired) electrons. The van der Waals surface area contributed by atoms with Gasteiger partial charge in [0.15, 0.2) is 0 Å². The monoisotopic (exact) mass is 259 g/mol. The molecule has 0 fully saturated rings. The molecular weight excluding hydrogens is 242 g/mol. The first-order valence-electron chi connectivity index (χ1n) is 6.50. The number of nitrogens with zero attached hydrogens (tertiary/aromatic N) is 1. The molecule has 0 aliphatic rings. The Morgan fingerprint density at radius 1 is 0.944 bits per heavy atom. The summed E-state index contributed by atoms with van der Waals surface area (Å²) in [6.07, 6.45) is 6.84. The van der Waals surface area contributed by atoms with Gasteiger partial charge in [0.2, 0.25) is 0 Å². The summed E-state index contributed by atoms with van der Waals surface area (Å²) in [5, 5.41) is 0.537. The maximum absolute atomic E-state index is 5.78. The van der Waals surface area contributed by atoms with E-state index in [1.54, 1.807) is 0 Å². The van der Waals surface area contributed by atoms with Crippen LogP contribution in [0.5, 0.6) is 0 Å². The molecule has 2 rings (SSSR count). The summed E-state index contributed by atoms with van der Waals surface area (Å²) >= 11 is 5.78. The van der Waals surface area contributed by atoms with Crippen molar-refractivity contribution < 1.29 is 0 Å². The fourth-order valence-corrected chi connectivity index (χ4v) is 2.10. The van der Waals surface area contributed by atoms with Gasteiger partial charge in [-0.25, -0.2) is 4.98 Å². The van der Waals surface area contributed by atoms with Gasteiger partial charge >= 0.3 is 0 Å². The van der Waals surface area contributed by atoms with Gasteiger partial charge in [0, 0.05) is 11.8 Å². The van der Waals surface area contributed by atoms with Crippen LogP contribution in [0.15, 0.2) is 42.6 Å². The summed E-state index contributed by atoms with van der Waals surface area (Å²) in [5.74, 6) is 0. The van der Waals surface area contributed by atoms with Crippen molar-refractivity contribution >= 4 is 11.6 Å². The highest BCUT2D eigenvalue weighted by molar-refractivity contribution is 6.29. The van der Waals surface area contributed by atoms with Crippen LogP contribution in [0.4, 0.5) is 0 Å². The molecule has 18 heavy (non-hydrogen) atoms. The lowest BCUT2D eigenvalue weighted by molar-refractivity contribution is 0.717. The Kier molecular flexibility index (Phi) is 4.77. The van der Waals surface area contributed by atoms with Crippen molar-refractivity contribution in [2.45, 2.75) is 32.6 Å². The molecule has 0 unspecified atom stereocenters. The van der Waals surface area contributed by atoms with Crippen molar-refractivity contribution in [3.8, 4) is 11.1 Å². The molecule has 2 aromatic rings. The van der Waals surface area contributed by atoms with E-state index in [4.69, 9.17) is 11.6 Å². The molecule has 0 saturated carbocycles. The zero-order valence-electron chi connectivity index (χ0n) is 10.7. The number of hydrogen-bond donors (Lipinski definition) is 0. The first-order valence-corrected chi connectivity index (χ1v) is 6.88. The molecule has 1 nitrogen and oxygen atoms in total. The van der Waals surface area contributed by atoms with Crippen molar-refractivity contribution in [1.29, 1.82) is 0 Å². The molecule has 0 atom stereocenters. The molecule has 0 bridgehead atoms. The summed E-state index contributed by atoms with van der Waals surface area (Å²) in [6, 6.07) is 12.6. The van der Waals surface area contributed by atoms with E-state index in [9.17, 15) is 0 Å². The third-order valence-corrected chi connectivity index (χ3v) is 3.31. The molecule has 0 saturated heterocycles. The second-order valence-corrected chi connectivity index (χ2v) is 4.91. The predicted octanol–water partition coefficient (Wildman–Crippen LogP) is 5.13. The maximum Gasteiger partial charge on any atom is 0.129 e. The normalized spacial score (nSPS) is 10.6. The summed E-state index contributed by atoms with van der Waals surface area (Å²) in [7, 11) is 0. The number of hydrogen-bond acceptors (Lipinski definition) is 1. The number of halogens is 1. The average Bonchev–Trinajstić information content (AvgIpc) is 2.41. The lowest BCUT2D eigenvalue weighted by Gasteiger charge is -2.04. The summed E-state index contributed by atoms with van der Waals surface area (Å²) in [5.41, 5.74) is 3.71. The maximum atomic E-state index is 5.78. The molecule has 0 amide bonds. The van der Waals surface area contributed by atoms with Crippen LogP contribution in [-0.2, 0) is 6.42 Å². The minimum Gasteiger partial charge on any atom is -0.244 e. The van der Waals surface area contributed by atoms with Crippen LogP contribution < -0.4 is 0 Å². The smallest absolute Gasteiger partial charge is 0.129 e. The van der Waals surface area contributed by atoms with Gasteiger partial charge in [-0.05, 0) is 36.1 Å². The highest BCUT2D eigenvalue weighted by atomic mass is 35.5. The Bertz CT molecular complexity index is 473. The molecule has 1 heterocycles. The number of unbranched alkanes of at least 4 members (excludes halogenated alkanes) is 2. The summed E-state index contributed by atoms with van der Waals surface area (Å²) in [6.45, 7) is 2.23. The van der Waals surface area contributed by atoms with Gasteiger partial charge in [-0.3, -0.25) is 0 Å².